The standard InChI is InChI=1S/C7H6O2S/c8-7(9)5-3-1-2-4-6(5)10/h1-4,10H,(H,8,9)/p-2. The zero-order chi connectivity index (χ0) is 7.56. The molecule has 0 heterocycles. The van der Waals surface area contributed by atoms with Gasteiger partial charge in [-0.2, -0.15) is 4.90 Å². The fraction of sp³-hybridized carbons (Fsp3) is 0. The van der Waals surface area contributed by atoms with E-state index in [0.29, 0.717) is 4.90 Å². The molecule has 0 spiro atoms. The Bertz CT molecular complexity index is 258. The van der Waals surface area contributed by atoms with Gasteiger partial charge in [-0.3, -0.25) is 0 Å². The summed E-state index contributed by atoms with van der Waals surface area (Å²) < 4.78 is 0. The Hall–Kier alpha value is -1.09. The second kappa shape index (κ2) is 2.66. The Morgan fingerprint density at radius 1 is 1.40 bits per heavy atom. The van der Waals surface area contributed by atoms with Gasteiger partial charge in [-0.05, 0) is 5.56 Å². The number of hydrogen-bond donors (Lipinski definition) is 0. The zero-order valence-corrected chi connectivity index (χ0v) is 5.85. The van der Waals surface area contributed by atoms with Gasteiger partial charge in [0.05, 0.1) is 5.97 Å². The molecular weight excluding hydrogens is 148 g/mol. The molecule has 1 rings (SSSR count). The molecule has 0 aromatic heterocycles. The van der Waals surface area contributed by atoms with Crippen molar-refractivity contribution >= 4 is 18.6 Å². The maximum atomic E-state index is 10.2. The van der Waals surface area contributed by atoms with Crippen LogP contribution in [0.4, 0.5) is 0 Å². The molecule has 1 aromatic rings. The van der Waals surface area contributed by atoms with Crippen molar-refractivity contribution in [1.29, 1.82) is 0 Å². The third-order valence-electron chi connectivity index (χ3n) is 1.11. The summed E-state index contributed by atoms with van der Waals surface area (Å²) in [5.41, 5.74) is 0.0810. The number of aromatic carboxylic acids is 1. The monoisotopic (exact) mass is 152 g/mol. The van der Waals surface area contributed by atoms with E-state index in [1.165, 1.54) is 6.07 Å². The molecule has 0 aliphatic carbocycles. The number of hydrogen-bond acceptors (Lipinski definition) is 3. The average molecular weight is 152 g/mol. The van der Waals surface area contributed by atoms with Crippen LogP contribution in [0.15, 0.2) is 29.2 Å². The predicted molar refractivity (Wildman–Crippen MR) is 36.4 cm³/mol. The third-order valence-corrected chi connectivity index (χ3v) is 1.46. The van der Waals surface area contributed by atoms with Crippen molar-refractivity contribution in [2.24, 2.45) is 0 Å². The van der Waals surface area contributed by atoms with Crippen molar-refractivity contribution in [2.75, 3.05) is 0 Å². The molecule has 0 atom stereocenters. The highest BCUT2D eigenvalue weighted by atomic mass is 32.1. The quantitative estimate of drug-likeness (QED) is 0.530. The van der Waals surface area contributed by atoms with E-state index in [9.17, 15) is 9.90 Å². The number of carboxylic acids is 1. The summed E-state index contributed by atoms with van der Waals surface area (Å²) in [6.45, 7) is 0. The Kier molecular flexibility index (Phi) is 1.87. The number of carbonyl (C=O) groups is 1. The molecule has 0 radical (unpaired) electrons. The van der Waals surface area contributed by atoms with E-state index >= 15 is 0 Å². The van der Waals surface area contributed by atoms with E-state index in [-0.39, 0.29) is 5.56 Å². The third kappa shape index (κ3) is 1.25. The largest absolute Gasteiger partial charge is 0.779 e. The second-order valence-electron chi connectivity index (χ2n) is 1.78. The molecule has 1 aromatic carbocycles. The van der Waals surface area contributed by atoms with Crippen molar-refractivity contribution in [1.82, 2.24) is 0 Å². The summed E-state index contributed by atoms with van der Waals surface area (Å²) in [4.78, 5) is 10.6. The van der Waals surface area contributed by atoms with Crippen LogP contribution in [0.25, 0.3) is 0 Å². The Balaban J connectivity index is 3.15. The van der Waals surface area contributed by atoms with Gasteiger partial charge in [-0.15, -0.1) is 0 Å². The van der Waals surface area contributed by atoms with Crippen molar-refractivity contribution in [3.05, 3.63) is 29.8 Å². The normalized spacial score (nSPS) is 9.20. The summed E-state index contributed by atoms with van der Waals surface area (Å²) in [5, 5.41) is 10.2. The van der Waals surface area contributed by atoms with Crippen LogP contribution < -0.4 is 5.11 Å². The van der Waals surface area contributed by atoms with Crippen LogP contribution >= 0.6 is 0 Å². The first-order valence-corrected chi connectivity index (χ1v) is 3.10. The second-order valence-corrected chi connectivity index (χ2v) is 2.22. The Morgan fingerprint density at radius 3 is 2.40 bits per heavy atom. The lowest BCUT2D eigenvalue weighted by Crippen LogP contribution is -2.22. The van der Waals surface area contributed by atoms with Crippen molar-refractivity contribution in [2.45, 2.75) is 4.90 Å². The number of carboxylic acid groups (broad SMARTS) is 1. The molecule has 52 valence electrons. The lowest BCUT2D eigenvalue weighted by atomic mass is 10.2. The van der Waals surface area contributed by atoms with Gasteiger partial charge >= 0.3 is 0 Å². The molecule has 0 aliphatic rings. The Labute approximate surface area is 63.9 Å². The molecule has 10 heavy (non-hydrogen) atoms. The van der Waals surface area contributed by atoms with Gasteiger partial charge in [0.1, 0.15) is 0 Å². The zero-order valence-electron chi connectivity index (χ0n) is 5.03. The topological polar surface area (TPSA) is 40.1 Å². The van der Waals surface area contributed by atoms with Gasteiger partial charge in [0.25, 0.3) is 0 Å². The van der Waals surface area contributed by atoms with Gasteiger partial charge in [-0.1, -0.05) is 24.3 Å². The van der Waals surface area contributed by atoms with E-state index in [1.54, 1.807) is 18.2 Å². The first-order chi connectivity index (χ1) is 4.72. The van der Waals surface area contributed by atoms with Crippen LogP contribution in [0, 0.1) is 0 Å². The van der Waals surface area contributed by atoms with E-state index in [2.05, 4.69) is 0 Å². The van der Waals surface area contributed by atoms with Crippen molar-refractivity contribution in [3.8, 4) is 0 Å². The highest BCUT2D eigenvalue weighted by molar-refractivity contribution is 7.58. The highest BCUT2D eigenvalue weighted by Gasteiger charge is 1.88. The SMILES string of the molecule is O=C([O-])c1ccccc1[S-]. The van der Waals surface area contributed by atoms with Crippen LogP contribution in [0.5, 0.6) is 0 Å². The molecule has 0 amide bonds. The maximum absolute atomic E-state index is 10.2. The minimum Gasteiger partial charge on any atom is -0.779 e. The lowest BCUT2D eigenvalue weighted by molar-refractivity contribution is -0.255. The van der Waals surface area contributed by atoms with Gasteiger partial charge < -0.3 is 22.5 Å². The molecule has 0 bridgehead atoms. The smallest absolute Gasteiger partial charge is 0.0700 e. The highest BCUT2D eigenvalue weighted by Crippen LogP contribution is 2.04. The van der Waals surface area contributed by atoms with Gasteiger partial charge in [-0.25, -0.2) is 0 Å². The van der Waals surface area contributed by atoms with Crippen LogP contribution in [0.1, 0.15) is 10.4 Å². The van der Waals surface area contributed by atoms with Crippen LogP contribution in [0.3, 0.4) is 0 Å². The van der Waals surface area contributed by atoms with Crippen LogP contribution in [-0.2, 0) is 12.6 Å². The van der Waals surface area contributed by atoms with E-state index in [0.717, 1.165) is 0 Å². The van der Waals surface area contributed by atoms with Gasteiger partial charge in [0.2, 0.25) is 0 Å². The van der Waals surface area contributed by atoms with Crippen LogP contribution in [0.2, 0.25) is 0 Å². The molecule has 3 heteroatoms. The number of benzene rings is 1. The van der Waals surface area contributed by atoms with Gasteiger partial charge in [0, 0.05) is 0 Å². The van der Waals surface area contributed by atoms with E-state index < -0.39 is 5.97 Å². The minimum absolute atomic E-state index is 0.0810. The average Bonchev–Trinajstić information content (AvgIpc) is 1.88. The fourth-order valence-electron chi connectivity index (χ4n) is 0.635. The molecule has 0 saturated heterocycles. The summed E-state index contributed by atoms with van der Waals surface area (Å²) >= 11 is 4.71. The molecule has 0 aliphatic heterocycles. The minimum atomic E-state index is -1.22. The van der Waals surface area contributed by atoms with Crippen molar-refractivity contribution in [3.63, 3.8) is 0 Å². The molecule has 0 unspecified atom stereocenters. The van der Waals surface area contributed by atoms with E-state index in [4.69, 9.17) is 12.6 Å². The predicted octanol–water partition coefficient (Wildman–Crippen LogP) is -0.0441. The molecule has 0 N–H and O–H groups in total. The maximum Gasteiger partial charge on any atom is 0.0700 e. The molecular formula is C7H4O2S-2. The Morgan fingerprint density at radius 2 is 2.00 bits per heavy atom. The summed E-state index contributed by atoms with van der Waals surface area (Å²) in [6, 6.07) is 6.29. The summed E-state index contributed by atoms with van der Waals surface area (Å²) in [7, 11) is 0. The van der Waals surface area contributed by atoms with Crippen LogP contribution in [-0.4, -0.2) is 5.97 Å². The fourth-order valence-corrected chi connectivity index (χ4v) is 0.865. The molecule has 0 fully saturated rings. The van der Waals surface area contributed by atoms with Crippen molar-refractivity contribution < 1.29 is 9.90 Å². The molecule has 2 nitrogen and oxygen atoms in total. The lowest BCUT2D eigenvalue weighted by Gasteiger charge is -2.12. The number of carbonyl (C=O) groups excluding carboxylic acids is 1. The van der Waals surface area contributed by atoms with Gasteiger partial charge in [0.15, 0.2) is 0 Å². The first-order valence-electron chi connectivity index (χ1n) is 2.69. The number of rotatable bonds is 1. The first kappa shape index (κ1) is 7.02. The van der Waals surface area contributed by atoms with E-state index in [1.807, 2.05) is 0 Å². The molecule has 0 saturated carbocycles. The summed E-state index contributed by atoms with van der Waals surface area (Å²) in [6.07, 6.45) is 0. The summed E-state index contributed by atoms with van der Waals surface area (Å²) in [5.74, 6) is -1.22.